The zero-order valence-electron chi connectivity index (χ0n) is 12.4. The molecule has 0 aromatic heterocycles. The molecule has 1 saturated carbocycles. The number of benzene rings is 1. The molecule has 22 heavy (non-hydrogen) atoms. The second-order valence-electron chi connectivity index (χ2n) is 6.39. The van der Waals surface area contributed by atoms with Crippen LogP contribution in [-0.4, -0.2) is 36.5 Å². The maximum atomic E-state index is 13.1. The van der Waals surface area contributed by atoms with Crippen molar-refractivity contribution in [3.8, 4) is 0 Å². The zero-order valence-corrected chi connectivity index (χ0v) is 12.4. The van der Waals surface area contributed by atoms with E-state index in [1.165, 1.54) is 12.5 Å². The highest BCUT2D eigenvalue weighted by atomic mass is 19.2. The van der Waals surface area contributed by atoms with Gasteiger partial charge in [0.1, 0.15) is 0 Å². The summed E-state index contributed by atoms with van der Waals surface area (Å²) in [5.41, 5.74) is 6.44. The Morgan fingerprint density at radius 1 is 1.27 bits per heavy atom. The third-order valence-corrected chi connectivity index (χ3v) is 4.80. The van der Waals surface area contributed by atoms with E-state index < -0.39 is 11.6 Å². The molecular weight excluding hydrogens is 288 g/mol. The van der Waals surface area contributed by atoms with E-state index in [-0.39, 0.29) is 24.2 Å². The van der Waals surface area contributed by atoms with Crippen molar-refractivity contribution in [2.45, 2.75) is 25.3 Å². The summed E-state index contributed by atoms with van der Waals surface area (Å²) < 4.78 is 26.0. The average Bonchev–Trinajstić information content (AvgIpc) is 2.87. The van der Waals surface area contributed by atoms with Gasteiger partial charge in [-0.1, -0.05) is 6.42 Å². The quantitative estimate of drug-likeness (QED) is 0.897. The molecule has 1 saturated heterocycles. The molecule has 4 nitrogen and oxygen atoms in total. The van der Waals surface area contributed by atoms with Crippen LogP contribution >= 0.6 is 0 Å². The van der Waals surface area contributed by atoms with Gasteiger partial charge in [0.15, 0.2) is 11.6 Å². The van der Waals surface area contributed by atoms with Crippen molar-refractivity contribution in [1.82, 2.24) is 4.90 Å². The number of carbonyl (C=O) groups is 1. The molecule has 3 N–H and O–H groups in total. The van der Waals surface area contributed by atoms with E-state index in [1.54, 1.807) is 0 Å². The predicted molar refractivity (Wildman–Crippen MR) is 80.2 cm³/mol. The normalized spacial score (nSPS) is 28.4. The van der Waals surface area contributed by atoms with Gasteiger partial charge in [-0.05, 0) is 36.8 Å². The van der Waals surface area contributed by atoms with Gasteiger partial charge in [0.2, 0.25) is 5.91 Å². The highest BCUT2D eigenvalue weighted by Crippen LogP contribution is 2.35. The lowest BCUT2D eigenvalue weighted by Crippen LogP contribution is -2.38. The Morgan fingerprint density at radius 3 is 2.82 bits per heavy atom. The number of rotatable bonds is 3. The molecule has 6 heteroatoms. The van der Waals surface area contributed by atoms with Gasteiger partial charge in [0.25, 0.3) is 0 Å². The summed E-state index contributed by atoms with van der Waals surface area (Å²) in [6.07, 6.45) is 3.41. The molecule has 3 unspecified atom stereocenters. The Labute approximate surface area is 128 Å². The molecule has 0 spiro atoms. The molecule has 0 radical (unpaired) electrons. The molecule has 1 amide bonds. The lowest BCUT2D eigenvalue weighted by molar-refractivity contribution is -0.117. The number of nitrogens with two attached hydrogens (primary N) is 1. The van der Waals surface area contributed by atoms with Crippen LogP contribution in [0.25, 0.3) is 0 Å². The van der Waals surface area contributed by atoms with Crippen molar-refractivity contribution in [1.29, 1.82) is 0 Å². The van der Waals surface area contributed by atoms with E-state index in [2.05, 4.69) is 10.2 Å². The summed E-state index contributed by atoms with van der Waals surface area (Å²) in [4.78, 5) is 14.2. The van der Waals surface area contributed by atoms with Crippen LogP contribution < -0.4 is 11.1 Å². The minimum absolute atomic E-state index is 0.210. The molecule has 1 heterocycles. The fraction of sp³-hybridized carbons (Fsp3) is 0.562. The van der Waals surface area contributed by atoms with Gasteiger partial charge in [0, 0.05) is 30.9 Å². The van der Waals surface area contributed by atoms with Gasteiger partial charge in [-0.2, -0.15) is 0 Å². The Hall–Kier alpha value is -1.53. The average molecular weight is 309 g/mol. The van der Waals surface area contributed by atoms with Crippen molar-refractivity contribution in [3.63, 3.8) is 0 Å². The first-order valence-electron chi connectivity index (χ1n) is 7.76. The number of hydrogen-bond donors (Lipinski definition) is 2. The van der Waals surface area contributed by atoms with Crippen molar-refractivity contribution in [3.05, 3.63) is 29.8 Å². The summed E-state index contributed by atoms with van der Waals surface area (Å²) in [6, 6.07) is 3.59. The Bertz CT molecular complexity index is 566. The lowest BCUT2D eigenvalue weighted by atomic mass is 9.78. The van der Waals surface area contributed by atoms with Crippen LogP contribution in [0.1, 0.15) is 19.3 Å². The van der Waals surface area contributed by atoms with Crippen molar-refractivity contribution in [2.24, 2.45) is 17.6 Å². The minimum atomic E-state index is -0.962. The first-order chi connectivity index (χ1) is 10.5. The minimum Gasteiger partial charge on any atom is -0.327 e. The molecule has 2 aliphatic rings. The zero-order chi connectivity index (χ0) is 15.7. The van der Waals surface area contributed by atoms with E-state index in [4.69, 9.17) is 5.73 Å². The highest BCUT2D eigenvalue weighted by Gasteiger charge is 2.38. The Balaban J connectivity index is 1.55. The number of halogens is 2. The van der Waals surface area contributed by atoms with Crippen LogP contribution in [0.5, 0.6) is 0 Å². The first-order valence-corrected chi connectivity index (χ1v) is 7.76. The van der Waals surface area contributed by atoms with Crippen molar-refractivity contribution in [2.75, 3.05) is 25.0 Å². The van der Waals surface area contributed by atoms with Crippen LogP contribution in [0.4, 0.5) is 14.5 Å². The van der Waals surface area contributed by atoms with E-state index >= 15 is 0 Å². The number of anilines is 1. The maximum Gasteiger partial charge on any atom is 0.238 e. The van der Waals surface area contributed by atoms with Crippen LogP contribution in [0.2, 0.25) is 0 Å². The smallest absolute Gasteiger partial charge is 0.238 e. The number of amides is 1. The Kier molecular flexibility index (Phi) is 4.40. The van der Waals surface area contributed by atoms with Crippen LogP contribution in [-0.2, 0) is 4.79 Å². The molecule has 120 valence electrons. The van der Waals surface area contributed by atoms with Crippen molar-refractivity contribution < 1.29 is 13.6 Å². The monoisotopic (exact) mass is 309 g/mol. The fourth-order valence-electron chi connectivity index (χ4n) is 3.72. The number of nitrogens with one attached hydrogen (secondary N) is 1. The summed E-state index contributed by atoms with van der Waals surface area (Å²) in [5.74, 6) is -1.03. The third kappa shape index (κ3) is 3.28. The first kappa shape index (κ1) is 15.4. The number of hydrogen-bond acceptors (Lipinski definition) is 3. The number of likely N-dealkylation sites (tertiary alicyclic amines) is 1. The maximum absolute atomic E-state index is 13.1. The topological polar surface area (TPSA) is 58.4 Å². The molecule has 1 aliphatic carbocycles. The highest BCUT2D eigenvalue weighted by molar-refractivity contribution is 5.92. The lowest BCUT2D eigenvalue weighted by Gasteiger charge is -2.29. The molecule has 0 bridgehead atoms. The predicted octanol–water partition coefficient (Wildman–Crippen LogP) is 1.96. The largest absolute Gasteiger partial charge is 0.327 e. The number of carbonyl (C=O) groups excluding carboxylic acids is 1. The molecule has 3 atom stereocenters. The van der Waals surface area contributed by atoms with E-state index in [0.717, 1.165) is 38.1 Å². The second-order valence-corrected chi connectivity index (χ2v) is 6.39. The molecule has 1 aliphatic heterocycles. The standard InChI is InChI=1S/C16H21F2N3O/c17-13-5-4-11(6-14(13)18)20-16(22)9-21-7-10-2-1-3-15(19)12(10)8-21/h4-6,10,12,15H,1-3,7-9,19H2,(H,20,22). The summed E-state index contributed by atoms with van der Waals surface area (Å²) in [7, 11) is 0. The van der Waals surface area contributed by atoms with Gasteiger partial charge in [-0.15, -0.1) is 0 Å². The van der Waals surface area contributed by atoms with Crippen LogP contribution in [0.15, 0.2) is 18.2 Å². The summed E-state index contributed by atoms with van der Waals surface area (Å²) in [6.45, 7) is 2.00. The van der Waals surface area contributed by atoms with Gasteiger partial charge < -0.3 is 11.1 Å². The van der Waals surface area contributed by atoms with Crippen molar-refractivity contribution >= 4 is 11.6 Å². The van der Waals surface area contributed by atoms with Gasteiger partial charge in [0.05, 0.1) is 6.54 Å². The molecule has 1 aromatic rings. The van der Waals surface area contributed by atoms with Gasteiger partial charge >= 0.3 is 0 Å². The Morgan fingerprint density at radius 2 is 2.09 bits per heavy atom. The summed E-state index contributed by atoms with van der Waals surface area (Å²) in [5, 5.41) is 2.61. The third-order valence-electron chi connectivity index (χ3n) is 4.80. The SMILES string of the molecule is NC1CCCC2CN(CC(=O)Nc3ccc(F)c(F)c3)CC12. The van der Waals surface area contributed by atoms with Crippen LogP contribution in [0, 0.1) is 23.5 Å². The number of nitrogens with zero attached hydrogens (tertiary/aromatic N) is 1. The molecular formula is C16H21F2N3O. The van der Waals surface area contributed by atoms with E-state index in [9.17, 15) is 13.6 Å². The van der Waals surface area contributed by atoms with Gasteiger partial charge in [-0.3, -0.25) is 9.69 Å². The van der Waals surface area contributed by atoms with E-state index in [0.29, 0.717) is 11.8 Å². The number of fused-ring (bicyclic) bond motifs is 1. The van der Waals surface area contributed by atoms with E-state index in [1.807, 2.05) is 0 Å². The second kappa shape index (κ2) is 6.30. The molecule has 1 aromatic carbocycles. The molecule has 2 fully saturated rings. The van der Waals surface area contributed by atoms with Gasteiger partial charge in [-0.25, -0.2) is 8.78 Å². The van der Waals surface area contributed by atoms with Crippen LogP contribution in [0.3, 0.4) is 0 Å². The molecule has 3 rings (SSSR count). The fourth-order valence-corrected chi connectivity index (χ4v) is 3.72. The summed E-state index contributed by atoms with van der Waals surface area (Å²) >= 11 is 0.